The first-order valence-corrected chi connectivity index (χ1v) is 9.03. The van der Waals surface area contributed by atoms with Crippen molar-refractivity contribution < 1.29 is 0 Å². The average molecular weight is 396 g/mol. The van der Waals surface area contributed by atoms with Crippen LogP contribution in [0.4, 0.5) is 17.5 Å². The molecule has 4 rings (SSSR count). The molecular formula is C19H18BrN5. The summed E-state index contributed by atoms with van der Waals surface area (Å²) in [5, 5.41) is 11.6. The van der Waals surface area contributed by atoms with E-state index < -0.39 is 0 Å². The maximum Gasteiger partial charge on any atom is 0.247 e. The van der Waals surface area contributed by atoms with E-state index >= 15 is 0 Å². The summed E-state index contributed by atoms with van der Waals surface area (Å²) in [7, 11) is 0. The molecule has 126 valence electrons. The third kappa shape index (κ3) is 3.49. The van der Waals surface area contributed by atoms with E-state index in [1.165, 1.54) is 16.7 Å². The van der Waals surface area contributed by atoms with Crippen molar-refractivity contribution in [2.75, 3.05) is 16.8 Å². The molecule has 0 unspecified atom stereocenters. The molecule has 0 amide bonds. The minimum atomic E-state index is 0.658. The molecule has 1 aliphatic heterocycles. The number of hydrogen-bond donors (Lipinski definition) is 1. The lowest BCUT2D eigenvalue weighted by atomic mass is 10.0. The predicted molar refractivity (Wildman–Crippen MR) is 103 cm³/mol. The first kappa shape index (κ1) is 16.0. The Bertz CT molecular complexity index is 912. The fourth-order valence-electron chi connectivity index (χ4n) is 2.97. The highest BCUT2D eigenvalue weighted by Crippen LogP contribution is 2.25. The van der Waals surface area contributed by atoms with E-state index in [-0.39, 0.29) is 0 Å². The van der Waals surface area contributed by atoms with Gasteiger partial charge in [0.25, 0.3) is 0 Å². The van der Waals surface area contributed by atoms with E-state index in [1.807, 2.05) is 12.1 Å². The molecule has 6 heteroatoms. The van der Waals surface area contributed by atoms with E-state index in [1.54, 1.807) is 6.20 Å². The number of benzene rings is 2. The van der Waals surface area contributed by atoms with Crippen LogP contribution in [0.2, 0.25) is 0 Å². The summed E-state index contributed by atoms with van der Waals surface area (Å²) in [6, 6.07) is 14.7. The summed E-state index contributed by atoms with van der Waals surface area (Å²) in [5.74, 6) is 1.35. The third-order valence-corrected chi connectivity index (χ3v) is 5.26. The molecular weight excluding hydrogens is 378 g/mol. The molecule has 0 saturated heterocycles. The van der Waals surface area contributed by atoms with Gasteiger partial charge in [-0.1, -0.05) is 46.3 Å². The molecule has 0 saturated carbocycles. The number of fused-ring (bicyclic) bond motifs is 1. The molecule has 25 heavy (non-hydrogen) atoms. The van der Waals surface area contributed by atoms with Crippen molar-refractivity contribution in [1.82, 2.24) is 15.2 Å². The van der Waals surface area contributed by atoms with E-state index in [0.29, 0.717) is 11.8 Å². The van der Waals surface area contributed by atoms with Gasteiger partial charge in [0.1, 0.15) is 0 Å². The SMILES string of the molecule is Cc1ccc(Nc2cnnc(N3CCc4ccccc4C3)n2)cc1Br. The maximum absolute atomic E-state index is 4.64. The first-order valence-electron chi connectivity index (χ1n) is 8.24. The third-order valence-electron chi connectivity index (χ3n) is 4.41. The Morgan fingerprint density at radius 1 is 1.12 bits per heavy atom. The number of nitrogens with one attached hydrogen (secondary N) is 1. The van der Waals surface area contributed by atoms with Crippen LogP contribution in [0.1, 0.15) is 16.7 Å². The normalized spacial score (nSPS) is 13.4. The first-order chi connectivity index (χ1) is 12.2. The second-order valence-electron chi connectivity index (χ2n) is 6.17. The number of aromatic nitrogens is 3. The molecule has 3 aromatic rings. The topological polar surface area (TPSA) is 53.9 Å². The Labute approximate surface area is 155 Å². The second kappa shape index (κ2) is 6.80. The molecule has 1 N–H and O–H groups in total. The molecule has 0 atom stereocenters. The van der Waals surface area contributed by atoms with Crippen molar-refractivity contribution in [2.45, 2.75) is 19.9 Å². The fraction of sp³-hybridized carbons (Fsp3) is 0.211. The molecule has 1 aliphatic rings. The van der Waals surface area contributed by atoms with Gasteiger partial charge >= 0.3 is 0 Å². The standard InChI is InChI=1S/C19H18BrN5/c1-13-6-7-16(10-17(13)20)22-18-11-21-24-19(23-18)25-9-8-14-4-2-3-5-15(14)12-25/h2-7,10-11H,8-9,12H2,1H3,(H,22,23,24). The Balaban J connectivity index is 1.55. The van der Waals surface area contributed by atoms with Gasteiger partial charge in [-0.2, -0.15) is 10.1 Å². The molecule has 0 radical (unpaired) electrons. The number of nitrogens with zero attached hydrogens (tertiary/aromatic N) is 4. The summed E-state index contributed by atoms with van der Waals surface area (Å²) >= 11 is 3.56. The largest absolute Gasteiger partial charge is 0.339 e. The Kier molecular flexibility index (Phi) is 4.36. The molecule has 0 aliphatic carbocycles. The highest BCUT2D eigenvalue weighted by molar-refractivity contribution is 9.10. The lowest BCUT2D eigenvalue weighted by Gasteiger charge is -2.28. The lowest BCUT2D eigenvalue weighted by molar-refractivity contribution is 0.698. The van der Waals surface area contributed by atoms with Crippen molar-refractivity contribution in [3.63, 3.8) is 0 Å². The summed E-state index contributed by atoms with van der Waals surface area (Å²) in [6.45, 7) is 3.78. The minimum Gasteiger partial charge on any atom is -0.339 e. The Morgan fingerprint density at radius 2 is 1.96 bits per heavy atom. The van der Waals surface area contributed by atoms with E-state index in [9.17, 15) is 0 Å². The second-order valence-corrected chi connectivity index (χ2v) is 7.03. The van der Waals surface area contributed by atoms with Gasteiger partial charge in [0.05, 0.1) is 6.20 Å². The Hall–Kier alpha value is -2.47. The average Bonchev–Trinajstić information content (AvgIpc) is 2.65. The van der Waals surface area contributed by atoms with Crippen LogP contribution in [-0.2, 0) is 13.0 Å². The van der Waals surface area contributed by atoms with Gasteiger partial charge < -0.3 is 10.2 Å². The quantitative estimate of drug-likeness (QED) is 0.718. The maximum atomic E-state index is 4.64. The molecule has 2 heterocycles. The van der Waals surface area contributed by atoms with Crippen LogP contribution in [0.25, 0.3) is 0 Å². The number of aryl methyl sites for hydroxylation is 1. The van der Waals surface area contributed by atoms with Gasteiger partial charge in [-0.15, -0.1) is 5.10 Å². The van der Waals surface area contributed by atoms with Crippen molar-refractivity contribution >= 4 is 33.4 Å². The van der Waals surface area contributed by atoms with Crippen molar-refractivity contribution in [1.29, 1.82) is 0 Å². The molecule has 0 bridgehead atoms. The van der Waals surface area contributed by atoms with Crippen molar-refractivity contribution in [3.05, 3.63) is 69.8 Å². The van der Waals surface area contributed by atoms with Crippen molar-refractivity contribution in [2.24, 2.45) is 0 Å². The van der Waals surface area contributed by atoms with Gasteiger partial charge in [-0.25, -0.2) is 0 Å². The highest BCUT2D eigenvalue weighted by Gasteiger charge is 2.18. The van der Waals surface area contributed by atoms with E-state index in [2.05, 4.69) is 78.6 Å². The van der Waals surface area contributed by atoms with Crippen LogP contribution >= 0.6 is 15.9 Å². The summed E-state index contributed by atoms with van der Waals surface area (Å²) in [5.41, 5.74) is 4.90. The predicted octanol–water partition coefficient (Wildman–Crippen LogP) is 4.25. The number of anilines is 3. The van der Waals surface area contributed by atoms with Crippen LogP contribution < -0.4 is 10.2 Å². The number of halogens is 1. The van der Waals surface area contributed by atoms with Crippen LogP contribution in [0.15, 0.2) is 53.1 Å². The van der Waals surface area contributed by atoms with Gasteiger partial charge in [0, 0.05) is 23.2 Å². The lowest BCUT2D eigenvalue weighted by Crippen LogP contribution is -2.32. The zero-order chi connectivity index (χ0) is 17.2. The zero-order valence-electron chi connectivity index (χ0n) is 13.9. The van der Waals surface area contributed by atoms with Gasteiger partial charge in [0.2, 0.25) is 5.95 Å². The molecule has 5 nitrogen and oxygen atoms in total. The molecule has 0 fully saturated rings. The Morgan fingerprint density at radius 3 is 2.80 bits per heavy atom. The van der Waals surface area contributed by atoms with Gasteiger partial charge in [-0.05, 0) is 42.2 Å². The van der Waals surface area contributed by atoms with Gasteiger partial charge in [-0.3, -0.25) is 0 Å². The summed E-state index contributed by atoms with van der Waals surface area (Å²) < 4.78 is 1.06. The monoisotopic (exact) mass is 395 g/mol. The highest BCUT2D eigenvalue weighted by atomic mass is 79.9. The summed E-state index contributed by atoms with van der Waals surface area (Å²) in [4.78, 5) is 6.81. The fourth-order valence-corrected chi connectivity index (χ4v) is 3.35. The smallest absolute Gasteiger partial charge is 0.247 e. The summed E-state index contributed by atoms with van der Waals surface area (Å²) in [6.07, 6.45) is 2.65. The van der Waals surface area contributed by atoms with Crippen LogP contribution in [-0.4, -0.2) is 21.7 Å². The van der Waals surface area contributed by atoms with Crippen LogP contribution in [0, 0.1) is 6.92 Å². The molecule has 1 aromatic heterocycles. The minimum absolute atomic E-state index is 0.658. The molecule has 0 spiro atoms. The van der Waals surface area contributed by atoms with Crippen LogP contribution in [0.3, 0.4) is 0 Å². The number of hydrogen-bond acceptors (Lipinski definition) is 5. The van der Waals surface area contributed by atoms with Crippen molar-refractivity contribution in [3.8, 4) is 0 Å². The van der Waals surface area contributed by atoms with Gasteiger partial charge in [0.15, 0.2) is 5.82 Å². The zero-order valence-corrected chi connectivity index (χ0v) is 15.5. The molecule has 2 aromatic carbocycles. The number of rotatable bonds is 3. The van der Waals surface area contributed by atoms with E-state index in [4.69, 9.17) is 0 Å². The van der Waals surface area contributed by atoms with Crippen LogP contribution in [0.5, 0.6) is 0 Å². The van der Waals surface area contributed by atoms with E-state index in [0.717, 1.165) is 29.7 Å².